The van der Waals surface area contributed by atoms with Crippen LogP contribution in [0.1, 0.15) is 11.5 Å². The molecular formula is C13H14N4O. The summed E-state index contributed by atoms with van der Waals surface area (Å²) in [6.45, 7) is 2.42. The minimum absolute atomic E-state index is 0.571. The molecule has 1 aromatic carbocycles. The van der Waals surface area contributed by atoms with Crippen molar-refractivity contribution in [2.24, 2.45) is 5.73 Å². The molecule has 0 atom stereocenters. The first-order chi connectivity index (χ1) is 8.78. The fraction of sp³-hybridized carbons (Fsp3) is 0.231. The summed E-state index contributed by atoms with van der Waals surface area (Å²) in [6.07, 6.45) is 2.86. The van der Waals surface area contributed by atoms with Crippen LogP contribution in [0.15, 0.2) is 28.9 Å². The molecule has 2 heterocycles. The first-order valence-electron chi connectivity index (χ1n) is 5.88. The van der Waals surface area contributed by atoms with E-state index in [9.17, 15) is 0 Å². The van der Waals surface area contributed by atoms with Crippen LogP contribution < -0.4 is 5.73 Å². The third kappa shape index (κ3) is 1.78. The van der Waals surface area contributed by atoms with Crippen molar-refractivity contribution < 1.29 is 4.52 Å². The molecule has 0 bridgehead atoms. The average Bonchev–Trinajstić information content (AvgIpc) is 2.96. The predicted octanol–water partition coefficient (Wildman–Crippen LogP) is 2.03. The third-order valence-corrected chi connectivity index (χ3v) is 2.97. The van der Waals surface area contributed by atoms with Gasteiger partial charge in [-0.2, -0.15) is 4.98 Å². The zero-order valence-corrected chi connectivity index (χ0v) is 10.1. The summed E-state index contributed by atoms with van der Waals surface area (Å²) in [5, 5.41) is 5.10. The second-order valence-electron chi connectivity index (χ2n) is 4.25. The molecule has 0 aliphatic carbocycles. The van der Waals surface area contributed by atoms with Crippen LogP contribution in [0.2, 0.25) is 0 Å². The number of hydrogen-bond acceptors (Lipinski definition) is 4. The Kier molecular flexibility index (Phi) is 2.60. The number of nitrogens with zero attached hydrogens (tertiary/aromatic N) is 2. The van der Waals surface area contributed by atoms with E-state index in [0.29, 0.717) is 18.3 Å². The Morgan fingerprint density at radius 1 is 1.39 bits per heavy atom. The van der Waals surface area contributed by atoms with E-state index in [0.717, 1.165) is 17.5 Å². The quantitative estimate of drug-likeness (QED) is 0.736. The van der Waals surface area contributed by atoms with Crippen LogP contribution in [0.4, 0.5) is 0 Å². The van der Waals surface area contributed by atoms with E-state index in [4.69, 9.17) is 10.3 Å². The van der Waals surface area contributed by atoms with Crippen molar-refractivity contribution in [1.82, 2.24) is 15.1 Å². The van der Waals surface area contributed by atoms with Gasteiger partial charge in [-0.25, -0.2) is 0 Å². The second-order valence-corrected chi connectivity index (χ2v) is 4.25. The monoisotopic (exact) mass is 242 g/mol. The maximum atomic E-state index is 5.61. The SMILES string of the molecule is Cc1nc(-c2ccc3[nH]cc(CCN)c3c2)no1. The molecule has 5 heteroatoms. The fourth-order valence-corrected chi connectivity index (χ4v) is 2.10. The van der Waals surface area contributed by atoms with Crippen LogP contribution in [-0.4, -0.2) is 21.7 Å². The number of H-pyrrole nitrogens is 1. The minimum atomic E-state index is 0.571. The topological polar surface area (TPSA) is 80.7 Å². The first kappa shape index (κ1) is 11.0. The number of rotatable bonds is 3. The Morgan fingerprint density at radius 2 is 2.28 bits per heavy atom. The molecule has 5 nitrogen and oxygen atoms in total. The van der Waals surface area contributed by atoms with Gasteiger partial charge in [-0.15, -0.1) is 0 Å². The summed E-state index contributed by atoms with van der Waals surface area (Å²) in [5.74, 6) is 1.19. The lowest BCUT2D eigenvalue weighted by Crippen LogP contribution is -2.01. The maximum Gasteiger partial charge on any atom is 0.223 e. The van der Waals surface area contributed by atoms with E-state index in [1.54, 1.807) is 6.92 Å². The van der Waals surface area contributed by atoms with Gasteiger partial charge in [0, 0.05) is 29.6 Å². The van der Waals surface area contributed by atoms with Crippen molar-refractivity contribution in [2.45, 2.75) is 13.3 Å². The Labute approximate surface area is 104 Å². The molecule has 0 saturated heterocycles. The molecule has 3 aromatic rings. The standard InChI is InChI=1S/C13H14N4O/c1-8-16-13(17-18-8)9-2-3-12-11(6-9)10(4-5-14)7-15-12/h2-3,6-7,15H,4-5,14H2,1H3. The smallest absolute Gasteiger partial charge is 0.223 e. The first-order valence-corrected chi connectivity index (χ1v) is 5.88. The molecule has 0 fully saturated rings. The van der Waals surface area contributed by atoms with Crippen molar-refractivity contribution in [1.29, 1.82) is 0 Å². The Balaban J connectivity index is 2.11. The zero-order valence-electron chi connectivity index (χ0n) is 10.1. The molecule has 3 rings (SSSR count). The zero-order chi connectivity index (χ0) is 12.5. The summed E-state index contributed by atoms with van der Waals surface area (Å²) in [4.78, 5) is 7.47. The largest absolute Gasteiger partial charge is 0.361 e. The van der Waals surface area contributed by atoms with E-state index >= 15 is 0 Å². The van der Waals surface area contributed by atoms with Crippen LogP contribution >= 0.6 is 0 Å². The van der Waals surface area contributed by atoms with Crippen molar-refractivity contribution in [3.63, 3.8) is 0 Å². The molecule has 0 saturated carbocycles. The highest BCUT2D eigenvalue weighted by Crippen LogP contribution is 2.24. The van der Waals surface area contributed by atoms with E-state index < -0.39 is 0 Å². The lowest BCUT2D eigenvalue weighted by atomic mass is 10.1. The lowest BCUT2D eigenvalue weighted by molar-refractivity contribution is 0.394. The second kappa shape index (κ2) is 4.27. The van der Waals surface area contributed by atoms with Gasteiger partial charge in [-0.1, -0.05) is 5.16 Å². The number of hydrogen-bond donors (Lipinski definition) is 2. The van der Waals surface area contributed by atoms with Gasteiger partial charge in [0.1, 0.15) is 0 Å². The molecule has 0 amide bonds. The molecule has 0 aliphatic heterocycles. The van der Waals surface area contributed by atoms with E-state index in [1.807, 2.05) is 18.3 Å². The molecule has 0 aliphatic rings. The van der Waals surface area contributed by atoms with Crippen molar-refractivity contribution in [3.8, 4) is 11.4 Å². The number of nitrogens with two attached hydrogens (primary N) is 1. The van der Waals surface area contributed by atoms with Gasteiger partial charge in [-0.3, -0.25) is 0 Å². The fourth-order valence-electron chi connectivity index (χ4n) is 2.10. The van der Waals surface area contributed by atoms with Crippen molar-refractivity contribution >= 4 is 10.9 Å². The Bertz CT molecular complexity index is 683. The molecule has 2 aromatic heterocycles. The van der Waals surface area contributed by atoms with E-state index in [-0.39, 0.29) is 0 Å². The van der Waals surface area contributed by atoms with Crippen molar-refractivity contribution in [2.75, 3.05) is 6.54 Å². The van der Waals surface area contributed by atoms with Crippen LogP contribution in [0, 0.1) is 6.92 Å². The van der Waals surface area contributed by atoms with Crippen LogP contribution in [0.3, 0.4) is 0 Å². The number of nitrogens with one attached hydrogen (secondary N) is 1. The summed E-state index contributed by atoms with van der Waals surface area (Å²) in [5.41, 5.74) is 8.88. The number of aromatic nitrogens is 3. The van der Waals surface area contributed by atoms with Gasteiger partial charge in [0.2, 0.25) is 11.7 Å². The van der Waals surface area contributed by atoms with Gasteiger partial charge in [0.05, 0.1) is 0 Å². The normalized spacial score (nSPS) is 11.2. The predicted molar refractivity (Wildman–Crippen MR) is 69.1 cm³/mol. The van der Waals surface area contributed by atoms with Crippen LogP contribution in [0.5, 0.6) is 0 Å². The van der Waals surface area contributed by atoms with E-state index in [2.05, 4.69) is 21.2 Å². The highest BCUT2D eigenvalue weighted by atomic mass is 16.5. The number of benzene rings is 1. The number of fused-ring (bicyclic) bond motifs is 1. The van der Waals surface area contributed by atoms with Crippen LogP contribution in [-0.2, 0) is 6.42 Å². The number of aryl methyl sites for hydroxylation is 1. The molecule has 0 radical (unpaired) electrons. The molecule has 0 unspecified atom stereocenters. The van der Waals surface area contributed by atoms with Gasteiger partial charge in [0.15, 0.2) is 0 Å². The molecule has 18 heavy (non-hydrogen) atoms. The van der Waals surface area contributed by atoms with E-state index in [1.165, 1.54) is 10.9 Å². The van der Waals surface area contributed by atoms with Gasteiger partial charge >= 0.3 is 0 Å². The molecule has 92 valence electrons. The highest BCUT2D eigenvalue weighted by Gasteiger charge is 2.09. The summed E-state index contributed by atoms with van der Waals surface area (Å²) < 4.78 is 5.00. The molecular weight excluding hydrogens is 228 g/mol. The minimum Gasteiger partial charge on any atom is -0.361 e. The Morgan fingerprint density at radius 3 is 3.00 bits per heavy atom. The van der Waals surface area contributed by atoms with Gasteiger partial charge < -0.3 is 15.2 Å². The summed E-state index contributed by atoms with van der Waals surface area (Å²) in [7, 11) is 0. The Hall–Kier alpha value is -2.14. The molecule has 0 spiro atoms. The van der Waals surface area contributed by atoms with Gasteiger partial charge in [0.25, 0.3) is 0 Å². The van der Waals surface area contributed by atoms with Crippen molar-refractivity contribution in [3.05, 3.63) is 35.9 Å². The van der Waals surface area contributed by atoms with Crippen LogP contribution in [0.25, 0.3) is 22.3 Å². The third-order valence-electron chi connectivity index (χ3n) is 2.97. The van der Waals surface area contributed by atoms with Gasteiger partial charge in [-0.05, 0) is 36.7 Å². The number of aromatic amines is 1. The summed E-state index contributed by atoms with van der Waals surface area (Å²) in [6, 6.07) is 6.08. The maximum absolute atomic E-state index is 5.61. The molecule has 3 N–H and O–H groups in total. The summed E-state index contributed by atoms with van der Waals surface area (Å²) >= 11 is 0. The highest BCUT2D eigenvalue weighted by molar-refractivity contribution is 5.87. The average molecular weight is 242 g/mol. The lowest BCUT2D eigenvalue weighted by Gasteiger charge is -1.98.